The van der Waals surface area contributed by atoms with E-state index >= 15 is 0 Å². The van der Waals surface area contributed by atoms with Crippen LogP contribution in [0.25, 0.3) is 43.1 Å². The first-order chi connectivity index (χ1) is 25.8. The van der Waals surface area contributed by atoms with Gasteiger partial charge in [0.1, 0.15) is 0 Å². The lowest BCUT2D eigenvalue weighted by atomic mass is 9.79. The Balaban J connectivity index is 1.50. The van der Waals surface area contributed by atoms with E-state index in [1.54, 1.807) is 36.4 Å². The monoisotopic (exact) mass is 716 g/mol. The zero-order chi connectivity index (χ0) is 38.9. The molecule has 0 aliphatic carbocycles. The van der Waals surface area contributed by atoms with E-state index in [4.69, 9.17) is 0 Å². The first kappa shape index (κ1) is 36.5. The molecule has 8 nitrogen and oxygen atoms in total. The minimum Gasteiger partial charge on any atom is -0.271 e. The van der Waals surface area contributed by atoms with Crippen LogP contribution in [0.5, 0.6) is 0 Å². The van der Waals surface area contributed by atoms with E-state index in [0.717, 1.165) is 12.8 Å². The second-order valence-electron chi connectivity index (χ2n) is 15.9. The third kappa shape index (κ3) is 5.22. The number of imide groups is 2. The molecule has 54 heavy (non-hydrogen) atoms. The Labute approximate surface area is 315 Å². The maximum atomic E-state index is 14.5. The molecule has 0 saturated carbocycles. The Kier molecular flexibility index (Phi) is 9.14. The molecule has 8 heteroatoms. The van der Waals surface area contributed by atoms with Crippen LogP contribution in [0.1, 0.15) is 120 Å². The average Bonchev–Trinajstić information content (AvgIpc) is 3.16. The number of rotatable bonds is 12. The molecule has 4 amide bonds. The van der Waals surface area contributed by atoms with Gasteiger partial charge >= 0.3 is 0 Å². The zero-order valence-electron chi connectivity index (χ0n) is 31.7. The molecule has 0 bridgehead atoms. The van der Waals surface area contributed by atoms with E-state index in [1.807, 2.05) is 39.8 Å². The van der Waals surface area contributed by atoms with Crippen molar-refractivity contribution in [1.82, 2.24) is 9.80 Å². The number of benzene rings is 5. The molecular weight excluding hydrogens is 673 g/mol. The summed E-state index contributed by atoms with van der Waals surface area (Å²) < 4.78 is 0. The minimum atomic E-state index is -0.451. The van der Waals surface area contributed by atoms with Crippen molar-refractivity contribution >= 4 is 66.7 Å². The number of amides is 4. The molecular formula is C46H44N4O4. The summed E-state index contributed by atoms with van der Waals surface area (Å²) in [6.45, 7) is 19.9. The van der Waals surface area contributed by atoms with Crippen LogP contribution in [-0.2, 0) is 0 Å². The Morgan fingerprint density at radius 3 is 1.20 bits per heavy atom. The quantitative estimate of drug-likeness (QED) is 0.0548. The van der Waals surface area contributed by atoms with Gasteiger partial charge in [-0.1, -0.05) is 65.8 Å². The summed E-state index contributed by atoms with van der Waals surface area (Å²) in [4.78, 5) is 60.6. The molecule has 2 unspecified atom stereocenters. The van der Waals surface area contributed by atoms with Crippen LogP contribution in [0.2, 0.25) is 0 Å². The lowest BCUT2D eigenvalue weighted by molar-refractivity contribution is 0.0465. The third-order valence-corrected chi connectivity index (χ3v) is 12.0. The highest BCUT2D eigenvalue weighted by Crippen LogP contribution is 2.49. The van der Waals surface area contributed by atoms with Crippen molar-refractivity contribution in [3.05, 3.63) is 95.1 Å². The summed E-state index contributed by atoms with van der Waals surface area (Å²) in [6, 6.07) is 14.0. The van der Waals surface area contributed by atoms with Crippen LogP contribution in [0.15, 0.2) is 61.7 Å². The van der Waals surface area contributed by atoms with E-state index in [2.05, 4.69) is 39.1 Å². The molecule has 272 valence electrons. The molecule has 0 N–H and O–H groups in total. The van der Waals surface area contributed by atoms with Crippen LogP contribution in [0.3, 0.4) is 0 Å². The van der Waals surface area contributed by atoms with Crippen LogP contribution in [0, 0.1) is 46.3 Å². The highest BCUT2D eigenvalue weighted by atomic mass is 16.2. The van der Waals surface area contributed by atoms with Crippen LogP contribution < -0.4 is 0 Å². The fourth-order valence-corrected chi connectivity index (χ4v) is 8.91. The van der Waals surface area contributed by atoms with Crippen molar-refractivity contribution in [1.29, 1.82) is 10.5 Å². The number of allylic oxidation sites excluding steroid dienone is 2. The smallest absolute Gasteiger partial charge is 0.261 e. The Morgan fingerprint density at radius 2 is 0.889 bits per heavy atom. The van der Waals surface area contributed by atoms with Crippen LogP contribution in [-0.4, -0.2) is 45.5 Å². The summed E-state index contributed by atoms with van der Waals surface area (Å²) in [6.07, 6.45) is 6.45. The first-order valence-electron chi connectivity index (χ1n) is 18.9. The highest BCUT2D eigenvalue weighted by molar-refractivity contribution is 6.42. The number of carbonyl (C=O) groups is 4. The average molecular weight is 717 g/mol. The first-order valence-corrected chi connectivity index (χ1v) is 18.9. The largest absolute Gasteiger partial charge is 0.271 e. The molecule has 5 aromatic carbocycles. The molecule has 2 aliphatic rings. The van der Waals surface area contributed by atoms with E-state index in [9.17, 15) is 29.7 Å². The Morgan fingerprint density at radius 1 is 0.537 bits per heavy atom. The molecule has 0 radical (unpaired) electrons. The molecule has 2 aliphatic heterocycles. The van der Waals surface area contributed by atoms with Crippen molar-refractivity contribution in [3.8, 4) is 12.1 Å². The molecule has 7 rings (SSSR count). The Bertz CT molecular complexity index is 2390. The van der Waals surface area contributed by atoms with Gasteiger partial charge in [0.05, 0.1) is 34.4 Å². The van der Waals surface area contributed by atoms with Crippen LogP contribution in [0.4, 0.5) is 0 Å². The van der Waals surface area contributed by atoms with Gasteiger partial charge in [-0.2, -0.15) is 10.5 Å². The fourth-order valence-electron chi connectivity index (χ4n) is 8.91. The summed E-state index contributed by atoms with van der Waals surface area (Å²) in [5.74, 6) is -1.31. The van der Waals surface area contributed by atoms with Gasteiger partial charge in [-0.25, -0.2) is 0 Å². The van der Waals surface area contributed by atoms with Gasteiger partial charge in [-0.05, 0) is 84.4 Å². The van der Waals surface area contributed by atoms with E-state index in [-0.39, 0.29) is 58.0 Å². The maximum Gasteiger partial charge on any atom is 0.261 e. The number of hydrogen-bond acceptors (Lipinski definition) is 6. The number of carbonyl (C=O) groups excluding carboxylic acids is 4. The predicted molar refractivity (Wildman–Crippen MR) is 213 cm³/mol. The van der Waals surface area contributed by atoms with Gasteiger partial charge in [0.25, 0.3) is 23.6 Å². The highest BCUT2D eigenvalue weighted by Gasteiger charge is 2.42. The second-order valence-corrected chi connectivity index (χ2v) is 15.9. The van der Waals surface area contributed by atoms with Gasteiger partial charge in [-0.15, -0.1) is 13.2 Å². The van der Waals surface area contributed by atoms with Crippen molar-refractivity contribution in [2.24, 2.45) is 23.7 Å². The van der Waals surface area contributed by atoms with Crippen molar-refractivity contribution in [2.75, 3.05) is 0 Å². The van der Waals surface area contributed by atoms with Crippen molar-refractivity contribution in [2.45, 2.75) is 79.3 Å². The predicted octanol–water partition coefficient (Wildman–Crippen LogP) is 9.93. The number of nitriles is 2. The van der Waals surface area contributed by atoms with Gasteiger partial charge < -0.3 is 0 Å². The summed E-state index contributed by atoms with van der Waals surface area (Å²) in [7, 11) is 0. The minimum absolute atomic E-state index is 0.0164. The van der Waals surface area contributed by atoms with Gasteiger partial charge in [0.15, 0.2) is 0 Å². The van der Waals surface area contributed by atoms with Gasteiger partial charge in [0.2, 0.25) is 0 Å². The third-order valence-electron chi connectivity index (χ3n) is 12.0. The topological polar surface area (TPSA) is 122 Å². The molecule has 0 aromatic heterocycles. The maximum absolute atomic E-state index is 14.5. The van der Waals surface area contributed by atoms with Gasteiger partial charge in [-0.3, -0.25) is 29.0 Å². The lowest BCUT2D eigenvalue weighted by Gasteiger charge is -2.37. The van der Waals surface area contributed by atoms with Gasteiger partial charge in [0, 0.05) is 55.5 Å². The lowest BCUT2D eigenvalue weighted by Crippen LogP contribution is -2.49. The van der Waals surface area contributed by atoms with E-state index in [0.29, 0.717) is 67.1 Å². The standard InChI is InChI=1S/C46H44N4O4/c1-9-25(7)11-17-35(23(3)4)49-43(51)31-15-13-29-38-28(22-48)20-34-40-32(44(52)50(46(34)54)36(24(5)6)18-12-26(8)10-2)16-14-30(42(38)40)37-27(21-47)19-33(45(49)53)39(31)41(29)37/h9-10,13-16,19-20,23-26,35-36H,1-2,11-12,17-18H2,3-8H3/t25-,26-,35?,36?/m1/s1. The summed E-state index contributed by atoms with van der Waals surface area (Å²) in [5, 5.41) is 25.5. The summed E-state index contributed by atoms with van der Waals surface area (Å²) >= 11 is 0. The molecule has 0 fully saturated rings. The van der Waals surface area contributed by atoms with Crippen molar-refractivity contribution < 1.29 is 19.2 Å². The normalized spacial score (nSPS) is 16.5. The fraction of sp³-hybridized carbons (Fsp3) is 0.348. The second kappa shape index (κ2) is 13.5. The number of fused-ring (bicyclic) bond motifs is 2. The molecule has 5 aromatic rings. The Hall–Kier alpha value is -5.86. The zero-order valence-corrected chi connectivity index (χ0v) is 31.7. The number of hydrogen-bond donors (Lipinski definition) is 0. The molecule has 0 saturated heterocycles. The van der Waals surface area contributed by atoms with E-state index in [1.165, 1.54) is 9.80 Å². The SMILES string of the molecule is C=C[C@@H](C)CCC(C(C)C)N1C(=O)c2ccc3c4c(C#N)cc5c6c(ccc(c7c(C#N)cc(c2c37)C1=O)c64)C(=O)N(C(CC[C@H](C)C=C)C(C)C)C5=O. The number of nitrogens with zero attached hydrogens (tertiary/aromatic N) is 4. The molecule has 0 spiro atoms. The van der Waals surface area contributed by atoms with Crippen LogP contribution >= 0.6 is 0 Å². The molecule has 4 atom stereocenters. The van der Waals surface area contributed by atoms with E-state index < -0.39 is 23.6 Å². The van der Waals surface area contributed by atoms with Crippen molar-refractivity contribution in [3.63, 3.8) is 0 Å². The molecule has 2 heterocycles. The summed E-state index contributed by atoms with van der Waals surface area (Å²) in [5.41, 5.74) is 1.71.